The van der Waals surface area contributed by atoms with Crippen molar-refractivity contribution in [3.05, 3.63) is 0 Å². The Balaban J connectivity index is 4.88. The smallest absolute Gasteiger partial charge is 0.394 e. The second-order valence-electron chi connectivity index (χ2n) is 20.8. The predicted octanol–water partition coefficient (Wildman–Crippen LogP) is -0.257. The lowest BCUT2D eigenvalue weighted by molar-refractivity contribution is -0.452. The number of rotatable bonds is 50. The lowest BCUT2D eigenvalue weighted by Gasteiger charge is -2.41. The van der Waals surface area contributed by atoms with Crippen molar-refractivity contribution < 1.29 is 148 Å². The van der Waals surface area contributed by atoms with Gasteiger partial charge in [0.2, 0.25) is 53.2 Å². The van der Waals surface area contributed by atoms with Gasteiger partial charge in [-0.2, -0.15) is 65.9 Å². The van der Waals surface area contributed by atoms with Crippen LogP contribution in [-0.2, 0) is 62.1 Å². The number of unbranched alkanes of at least 4 members (excludes halogenated alkanes) is 2. The summed E-state index contributed by atoms with van der Waals surface area (Å²) >= 11 is 0. The highest BCUT2D eigenvalue weighted by Crippen LogP contribution is 2.62. The number of Topliss-reactive ketones (excluding diaryl/α,β-unsaturated/α-hetero) is 1. The quantitative estimate of drug-likeness (QED) is 0.0123. The summed E-state index contributed by atoms with van der Waals surface area (Å²) < 4.78 is 222. The molecule has 1 unspecified atom stereocenters. The van der Waals surface area contributed by atoms with E-state index < -0.39 is 176 Å². The Kier molecular flexibility index (Phi) is 37.2. The number of hydrogen-bond donors (Lipinski definition) is 15. The number of nitrogens with one attached hydrogen (secondary N) is 9. The molecule has 8 amide bonds. The van der Waals surface area contributed by atoms with E-state index in [0.717, 1.165) is 5.32 Å². The molecule has 0 aliphatic heterocycles. The van der Waals surface area contributed by atoms with E-state index in [1.807, 2.05) is 6.92 Å². The van der Waals surface area contributed by atoms with Crippen molar-refractivity contribution in [2.75, 3.05) is 72.6 Å². The maximum Gasteiger partial charge on any atom is 0.460 e. The van der Waals surface area contributed by atoms with Crippen molar-refractivity contribution in [2.24, 2.45) is 11.5 Å². The molecule has 0 saturated heterocycles. The Hall–Kier alpha value is -6.67. The van der Waals surface area contributed by atoms with Crippen LogP contribution in [0.4, 0.5) is 65.9 Å². The molecule has 0 spiro atoms. The molecular formula is C51H80F15N11O17. The third-order valence-electron chi connectivity index (χ3n) is 12.9. The van der Waals surface area contributed by atoms with Crippen LogP contribution in [-0.4, -0.2) is 236 Å². The van der Waals surface area contributed by atoms with Gasteiger partial charge in [-0.05, 0) is 46.0 Å². The summed E-state index contributed by atoms with van der Waals surface area (Å²) in [6, 6.07) is -7.51. The van der Waals surface area contributed by atoms with Gasteiger partial charge in [0.15, 0.2) is 11.7 Å². The number of aliphatic hydroxyl groups is 4. The highest BCUT2D eigenvalue weighted by atomic mass is 19.4. The van der Waals surface area contributed by atoms with E-state index >= 15 is 0 Å². The van der Waals surface area contributed by atoms with Crippen LogP contribution >= 0.6 is 0 Å². The summed E-state index contributed by atoms with van der Waals surface area (Å²) in [5.41, 5.74) is 10.6. The second kappa shape index (κ2) is 40.0. The molecule has 0 saturated carbocycles. The molecule has 0 heterocycles. The number of primary amides is 1. The van der Waals surface area contributed by atoms with Gasteiger partial charge in [-0.3, -0.25) is 48.6 Å². The van der Waals surface area contributed by atoms with Crippen molar-refractivity contribution in [1.29, 1.82) is 5.41 Å². The predicted molar refractivity (Wildman–Crippen MR) is 291 cm³/mol. The zero-order valence-electron chi connectivity index (χ0n) is 50.9. The van der Waals surface area contributed by atoms with Crippen LogP contribution in [0.25, 0.3) is 0 Å². The lowest BCUT2D eigenvalue weighted by Crippen LogP contribution is -2.72. The monoisotopic (exact) mass is 1400 g/mol. The Morgan fingerprint density at radius 1 is 0.500 bits per heavy atom. The van der Waals surface area contributed by atoms with Gasteiger partial charge < -0.3 is 93.4 Å². The van der Waals surface area contributed by atoms with E-state index in [-0.39, 0.29) is 103 Å². The molecule has 0 aromatic rings. The number of ketones is 1. The van der Waals surface area contributed by atoms with Crippen molar-refractivity contribution in [2.45, 2.75) is 188 Å². The largest absolute Gasteiger partial charge is 0.460 e. The third-order valence-corrected chi connectivity index (χ3v) is 12.9. The number of amides is 8. The second-order valence-corrected chi connectivity index (χ2v) is 20.8. The molecule has 0 radical (unpaired) electrons. The Morgan fingerprint density at radius 2 is 0.979 bits per heavy atom. The Morgan fingerprint density at radius 3 is 1.48 bits per heavy atom. The molecule has 0 bridgehead atoms. The molecule has 546 valence electrons. The van der Waals surface area contributed by atoms with Crippen molar-refractivity contribution in [3.8, 4) is 0 Å². The molecule has 94 heavy (non-hydrogen) atoms. The van der Waals surface area contributed by atoms with Crippen LogP contribution in [0.2, 0.25) is 0 Å². The molecule has 28 nitrogen and oxygen atoms in total. The van der Waals surface area contributed by atoms with Gasteiger partial charge in [-0.15, -0.1) is 0 Å². The van der Waals surface area contributed by atoms with Crippen LogP contribution < -0.4 is 54.0 Å². The van der Waals surface area contributed by atoms with Gasteiger partial charge in [0, 0.05) is 45.2 Å². The summed E-state index contributed by atoms with van der Waals surface area (Å²) in [4.78, 5) is 115. The molecule has 0 aromatic heterocycles. The fourth-order valence-electron chi connectivity index (χ4n) is 7.64. The van der Waals surface area contributed by atoms with E-state index in [9.17, 15) is 129 Å². The van der Waals surface area contributed by atoms with Crippen molar-refractivity contribution >= 4 is 59.0 Å². The molecular weight excluding hydrogens is 1320 g/mol. The fraction of sp³-hybridized carbons (Fsp3) is 0.804. The molecule has 0 fully saturated rings. The number of alkyl halides is 15. The van der Waals surface area contributed by atoms with Gasteiger partial charge in [0.05, 0.1) is 78.0 Å². The minimum absolute atomic E-state index is 0.00819. The number of carbonyl (C=O) groups is 9. The molecule has 43 heteroatoms. The van der Waals surface area contributed by atoms with Crippen LogP contribution in [0.5, 0.6) is 0 Å². The first kappa shape index (κ1) is 87.3. The first-order valence-electron chi connectivity index (χ1n) is 28.5. The van der Waals surface area contributed by atoms with Crippen molar-refractivity contribution in [1.82, 2.24) is 42.5 Å². The summed E-state index contributed by atoms with van der Waals surface area (Å²) in [6.45, 7) is 3.09. The standard InChI is InChI=1S/C51H80F15N11O17/c1-4-5-9-30(28(2)79)73-42(88)38(29(3)80)76-39(85)31(10-6-7-16-71-43(68)69)74-40(86)32(26-34(67)81)75-41(87)33(27-78)72-36(83)13-18-91-20-22-93-24-25-94-23-21-92-19-17-70-35(82)11-8-14-45(89,90)77-37(84)12-15-44(52,53)46(54,55)47(56,57)48(58,59)49(60,61)50(62,63)51(64,65)66/h29-33,38,78,80,89-90H,4-27H2,1-3H3,(H2,67,81)(H,70,82)(H,72,83)(H,73,88)(H,74,86)(H,75,87)(H,76,85)(H,77,84)(H4,68,69,71)/t29?,30-,31-,32-,33-,38-/m0/s1. The normalized spacial score (nSPS) is 14.7. The van der Waals surface area contributed by atoms with Gasteiger partial charge >= 0.3 is 41.7 Å². The number of hydrogen-bond acceptors (Lipinski definition) is 18. The van der Waals surface area contributed by atoms with Crippen molar-refractivity contribution in [3.63, 3.8) is 0 Å². The zero-order chi connectivity index (χ0) is 72.7. The lowest BCUT2D eigenvalue weighted by atomic mass is 9.89. The van der Waals surface area contributed by atoms with Gasteiger partial charge in [0.1, 0.15) is 24.2 Å². The topological polar surface area (TPSA) is 444 Å². The Labute approximate surface area is 526 Å². The average molecular weight is 1400 g/mol. The highest BCUT2D eigenvalue weighted by Gasteiger charge is 2.93. The number of guanidine groups is 1. The summed E-state index contributed by atoms with van der Waals surface area (Å²) in [6.07, 6.45) is -16.0. The zero-order valence-corrected chi connectivity index (χ0v) is 50.9. The molecule has 0 rings (SSSR count). The summed E-state index contributed by atoms with van der Waals surface area (Å²) in [5, 5.41) is 65.0. The van der Waals surface area contributed by atoms with Crippen LogP contribution in [0.15, 0.2) is 0 Å². The molecule has 0 aromatic carbocycles. The Bertz CT molecular complexity index is 2460. The highest BCUT2D eigenvalue weighted by molar-refractivity contribution is 5.98. The van der Waals surface area contributed by atoms with E-state index in [1.54, 1.807) is 0 Å². The van der Waals surface area contributed by atoms with Gasteiger partial charge in [0.25, 0.3) is 0 Å². The fourth-order valence-corrected chi connectivity index (χ4v) is 7.64. The van der Waals surface area contributed by atoms with Gasteiger partial charge in [-0.25, -0.2) is 0 Å². The molecule has 0 aliphatic rings. The minimum atomic E-state index is -8.52. The maximum atomic E-state index is 14.1. The van der Waals surface area contributed by atoms with Crippen LogP contribution in [0.1, 0.15) is 104 Å². The average Bonchev–Trinajstić information content (AvgIpc) is 0.705. The maximum absolute atomic E-state index is 14.1. The van der Waals surface area contributed by atoms with Crippen LogP contribution in [0, 0.1) is 5.41 Å². The first-order valence-corrected chi connectivity index (χ1v) is 28.5. The van der Waals surface area contributed by atoms with E-state index in [1.165, 1.54) is 13.8 Å². The molecule has 6 atom stereocenters. The van der Waals surface area contributed by atoms with E-state index in [0.29, 0.717) is 19.3 Å². The third kappa shape index (κ3) is 28.7. The number of nitrogens with two attached hydrogens (primary N) is 2. The first-order chi connectivity index (χ1) is 43.2. The molecule has 0 aliphatic carbocycles. The minimum Gasteiger partial charge on any atom is -0.394 e. The van der Waals surface area contributed by atoms with Gasteiger partial charge in [-0.1, -0.05) is 19.8 Å². The van der Waals surface area contributed by atoms with Crippen LogP contribution in [0.3, 0.4) is 0 Å². The number of carbonyl (C=O) groups excluding carboxylic acids is 9. The van der Waals surface area contributed by atoms with E-state index in [2.05, 4.69) is 37.2 Å². The van der Waals surface area contributed by atoms with E-state index in [4.69, 9.17) is 35.8 Å². The summed E-state index contributed by atoms with van der Waals surface area (Å²) in [7, 11) is 0. The summed E-state index contributed by atoms with van der Waals surface area (Å²) in [5.74, 6) is -61.3. The number of halogens is 15. The number of ether oxygens (including phenoxy) is 4. The molecule has 17 N–H and O–H groups in total. The SMILES string of the molecule is CCCC[C@H](NC(=O)[C@@H](NC(=O)[C@H](CCCCNC(=N)N)NC(=O)[C@H](CC(N)=O)NC(=O)[C@H](CO)NC(=O)CCOCCOCCOCCOCCNC(=O)CCCC(O)(O)NC(=O)CCC(F)(F)C(F)(F)C(F)(F)C(F)(F)C(F)(F)C(F)(F)C(F)(F)F)C(C)O)C(C)=O. The number of aliphatic hydroxyl groups excluding tert-OH is 2.